The smallest absolute Gasteiger partial charge is 0.172 e. The normalized spacial score (nSPS) is 22.6. The minimum Gasteiger partial charge on any atom is -0.294 e. The van der Waals surface area contributed by atoms with Crippen LogP contribution in [-0.2, 0) is 14.6 Å². The molecule has 4 heteroatoms. The van der Waals surface area contributed by atoms with E-state index in [4.69, 9.17) is 0 Å². The van der Waals surface area contributed by atoms with Gasteiger partial charge in [0.1, 0.15) is 0 Å². The van der Waals surface area contributed by atoms with Crippen molar-refractivity contribution in [1.82, 2.24) is 0 Å². The van der Waals surface area contributed by atoms with Gasteiger partial charge in [0, 0.05) is 11.8 Å². The highest BCUT2D eigenvalue weighted by molar-refractivity contribution is 7.94. The first-order valence-electron chi connectivity index (χ1n) is 4.44. The lowest BCUT2D eigenvalue weighted by molar-refractivity contribution is -0.113. The summed E-state index contributed by atoms with van der Waals surface area (Å²) in [6, 6.07) is 0. The predicted octanol–water partition coefficient (Wildman–Crippen LogP) is 1.47. The number of rotatable bonds is 2. The first-order chi connectivity index (χ1) is 6.32. The number of ketones is 1. The molecule has 0 aliphatic heterocycles. The average Bonchev–Trinajstić information content (AvgIpc) is 2.01. The molecule has 0 bridgehead atoms. The monoisotopic (exact) mass is 214 g/mol. The van der Waals surface area contributed by atoms with Crippen LogP contribution < -0.4 is 0 Å². The summed E-state index contributed by atoms with van der Waals surface area (Å²) in [7, 11) is -3.25. The molecule has 1 unspecified atom stereocenters. The molecule has 0 aromatic heterocycles. The van der Waals surface area contributed by atoms with Crippen LogP contribution in [0.3, 0.4) is 0 Å². The quantitative estimate of drug-likeness (QED) is 0.699. The standard InChI is InChI=1S/C10H14O3S/c1-7-4-5-9(8(2)11)10(6-7)14(3,12)13/h4-5,7H,6H2,1-3H3. The second-order valence-electron chi connectivity index (χ2n) is 3.71. The molecule has 0 saturated carbocycles. The largest absolute Gasteiger partial charge is 0.294 e. The van der Waals surface area contributed by atoms with Crippen molar-refractivity contribution in [2.45, 2.75) is 20.3 Å². The first kappa shape index (κ1) is 11.2. The summed E-state index contributed by atoms with van der Waals surface area (Å²) in [6.45, 7) is 3.32. The SMILES string of the molecule is CC(=O)C1=C(S(C)(=O)=O)CC(C)C=C1. The van der Waals surface area contributed by atoms with Gasteiger partial charge in [-0.15, -0.1) is 0 Å². The van der Waals surface area contributed by atoms with Crippen molar-refractivity contribution in [2.24, 2.45) is 5.92 Å². The molecule has 0 aromatic rings. The fourth-order valence-corrected chi connectivity index (χ4v) is 2.67. The summed E-state index contributed by atoms with van der Waals surface area (Å²) in [5.74, 6) is -0.00333. The summed E-state index contributed by atoms with van der Waals surface area (Å²) in [5, 5.41) is 0. The van der Waals surface area contributed by atoms with E-state index in [0.717, 1.165) is 6.26 Å². The Bertz CT molecular complexity index is 413. The average molecular weight is 214 g/mol. The van der Waals surface area contributed by atoms with Crippen molar-refractivity contribution in [1.29, 1.82) is 0 Å². The van der Waals surface area contributed by atoms with E-state index in [2.05, 4.69) is 0 Å². The molecule has 1 aliphatic rings. The number of hydrogen-bond donors (Lipinski definition) is 0. The number of Topliss-reactive ketones (excluding diaryl/α,β-unsaturated/α-hetero) is 1. The highest BCUT2D eigenvalue weighted by atomic mass is 32.2. The van der Waals surface area contributed by atoms with E-state index in [1.54, 1.807) is 6.08 Å². The van der Waals surface area contributed by atoms with Crippen molar-refractivity contribution >= 4 is 15.6 Å². The van der Waals surface area contributed by atoms with Gasteiger partial charge in [0.05, 0.1) is 4.91 Å². The second kappa shape index (κ2) is 3.69. The zero-order valence-corrected chi connectivity index (χ0v) is 9.39. The van der Waals surface area contributed by atoms with Crippen molar-refractivity contribution in [2.75, 3.05) is 6.26 Å². The van der Waals surface area contributed by atoms with Crippen LogP contribution in [0.4, 0.5) is 0 Å². The van der Waals surface area contributed by atoms with Gasteiger partial charge in [-0.1, -0.05) is 19.1 Å². The summed E-state index contributed by atoms with van der Waals surface area (Å²) in [6.07, 6.45) is 5.07. The summed E-state index contributed by atoms with van der Waals surface area (Å²) in [4.78, 5) is 11.5. The van der Waals surface area contributed by atoms with Crippen LogP contribution in [-0.4, -0.2) is 20.5 Å². The van der Waals surface area contributed by atoms with Crippen LogP contribution in [0.2, 0.25) is 0 Å². The van der Waals surface area contributed by atoms with Gasteiger partial charge < -0.3 is 0 Å². The molecule has 3 nitrogen and oxygen atoms in total. The van der Waals surface area contributed by atoms with E-state index >= 15 is 0 Å². The first-order valence-corrected chi connectivity index (χ1v) is 6.34. The molecule has 0 N–H and O–H groups in total. The highest BCUT2D eigenvalue weighted by Gasteiger charge is 2.23. The number of hydrogen-bond acceptors (Lipinski definition) is 3. The molecule has 0 saturated heterocycles. The van der Waals surface area contributed by atoms with Crippen molar-refractivity contribution in [3.63, 3.8) is 0 Å². The van der Waals surface area contributed by atoms with Crippen molar-refractivity contribution < 1.29 is 13.2 Å². The van der Waals surface area contributed by atoms with Crippen LogP contribution in [0.25, 0.3) is 0 Å². The topological polar surface area (TPSA) is 51.2 Å². The van der Waals surface area contributed by atoms with Crippen LogP contribution in [0, 0.1) is 5.92 Å². The van der Waals surface area contributed by atoms with Gasteiger partial charge in [-0.3, -0.25) is 4.79 Å². The van der Waals surface area contributed by atoms with E-state index < -0.39 is 9.84 Å². The highest BCUT2D eigenvalue weighted by Crippen LogP contribution is 2.27. The van der Waals surface area contributed by atoms with Gasteiger partial charge in [0.25, 0.3) is 0 Å². The Morgan fingerprint density at radius 2 is 2.07 bits per heavy atom. The summed E-state index contributed by atoms with van der Waals surface area (Å²) in [5.41, 5.74) is 0.339. The van der Waals surface area contributed by atoms with Crippen molar-refractivity contribution in [3.05, 3.63) is 22.6 Å². The van der Waals surface area contributed by atoms with E-state index in [1.807, 2.05) is 13.0 Å². The number of carbonyl (C=O) groups is 1. The molecule has 1 rings (SSSR count). The van der Waals surface area contributed by atoms with E-state index in [1.165, 1.54) is 6.92 Å². The fourth-order valence-electron chi connectivity index (χ4n) is 1.49. The minimum absolute atomic E-state index is 0.183. The Balaban J connectivity index is 3.30. The van der Waals surface area contributed by atoms with Crippen molar-refractivity contribution in [3.8, 4) is 0 Å². The van der Waals surface area contributed by atoms with Gasteiger partial charge in [0.2, 0.25) is 0 Å². The Kier molecular flexibility index (Phi) is 2.95. The van der Waals surface area contributed by atoms with Gasteiger partial charge >= 0.3 is 0 Å². The van der Waals surface area contributed by atoms with Gasteiger partial charge in [0.15, 0.2) is 15.6 Å². The van der Waals surface area contributed by atoms with Gasteiger partial charge in [-0.05, 0) is 19.3 Å². The van der Waals surface area contributed by atoms with Gasteiger partial charge in [-0.2, -0.15) is 0 Å². The number of allylic oxidation sites excluding steroid dienone is 4. The number of carbonyl (C=O) groups excluding carboxylic acids is 1. The zero-order chi connectivity index (χ0) is 10.9. The fraction of sp³-hybridized carbons (Fsp3) is 0.500. The maximum Gasteiger partial charge on any atom is 0.172 e. The maximum atomic E-state index is 11.4. The lowest BCUT2D eigenvalue weighted by Crippen LogP contribution is -2.14. The molecule has 0 fully saturated rings. The maximum absolute atomic E-state index is 11.4. The zero-order valence-electron chi connectivity index (χ0n) is 8.57. The summed E-state index contributed by atoms with van der Waals surface area (Å²) < 4.78 is 22.8. The van der Waals surface area contributed by atoms with E-state index in [-0.39, 0.29) is 16.6 Å². The Hall–Kier alpha value is -0.900. The second-order valence-corrected chi connectivity index (χ2v) is 5.74. The lowest BCUT2D eigenvalue weighted by atomic mass is 9.96. The molecule has 0 spiro atoms. The molecule has 1 aliphatic carbocycles. The molecule has 0 heterocycles. The summed E-state index contributed by atoms with van der Waals surface area (Å²) >= 11 is 0. The molecule has 1 atom stereocenters. The lowest BCUT2D eigenvalue weighted by Gasteiger charge is -2.16. The molecular formula is C10H14O3S. The van der Waals surface area contributed by atoms with Gasteiger partial charge in [-0.25, -0.2) is 8.42 Å². The molecule has 0 amide bonds. The minimum atomic E-state index is -3.25. The predicted molar refractivity (Wildman–Crippen MR) is 55.5 cm³/mol. The molecule has 78 valence electrons. The Labute approximate surface area is 84.4 Å². The van der Waals surface area contributed by atoms with Crippen LogP contribution in [0.5, 0.6) is 0 Å². The third kappa shape index (κ3) is 2.32. The molecule has 0 radical (unpaired) electrons. The third-order valence-corrected chi connectivity index (χ3v) is 3.51. The van der Waals surface area contributed by atoms with Crippen LogP contribution >= 0.6 is 0 Å². The Morgan fingerprint density at radius 1 is 1.50 bits per heavy atom. The molecular weight excluding hydrogens is 200 g/mol. The Morgan fingerprint density at radius 3 is 2.50 bits per heavy atom. The van der Waals surface area contributed by atoms with Crippen LogP contribution in [0.1, 0.15) is 20.3 Å². The molecule has 0 aromatic carbocycles. The van der Waals surface area contributed by atoms with E-state index in [9.17, 15) is 13.2 Å². The molecule has 14 heavy (non-hydrogen) atoms. The third-order valence-electron chi connectivity index (χ3n) is 2.23. The van der Waals surface area contributed by atoms with E-state index in [0.29, 0.717) is 12.0 Å². The van der Waals surface area contributed by atoms with Crippen LogP contribution in [0.15, 0.2) is 22.6 Å². The number of sulfone groups is 1.